The Bertz CT molecular complexity index is 156. The van der Waals surface area contributed by atoms with Gasteiger partial charge in [0.1, 0.15) is 0 Å². The van der Waals surface area contributed by atoms with Crippen LogP contribution in [0.5, 0.6) is 0 Å². The van der Waals surface area contributed by atoms with Gasteiger partial charge >= 0.3 is 0 Å². The van der Waals surface area contributed by atoms with Crippen LogP contribution >= 0.6 is 0 Å². The highest BCUT2D eigenvalue weighted by Gasteiger charge is 2.16. The van der Waals surface area contributed by atoms with Crippen LogP contribution in [0.25, 0.3) is 0 Å². The lowest BCUT2D eigenvalue weighted by molar-refractivity contribution is 0.316. The molecule has 1 atom stereocenters. The zero-order valence-electron chi connectivity index (χ0n) is 11.0. The summed E-state index contributed by atoms with van der Waals surface area (Å²) in [6.45, 7) is 2.13. The number of rotatable bonds is 1. The second kappa shape index (κ2) is 8.08. The quantitative estimate of drug-likeness (QED) is 0.721. The fraction of sp³-hybridized carbons (Fsp3) is 1.00. The lowest BCUT2D eigenvalue weighted by atomic mass is 9.85. The van der Waals surface area contributed by atoms with Crippen LogP contribution in [0.15, 0.2) is 0 Å². The molecule has 2 fully saturated rings. The summed E-state index contributed by atoms with van der Waals surface area (Å²) in [5.41, 5.74) is 11.4. The van der Waals surface area contributed by atoms with Crippen LogP contribution in [0.1, 0.15) is 71.1 Å². The van der Waals surface area contributed by atoms with Crippen molar-refractivity contribution in [2.75, 3.05) is 0 Å². The van der Waals surface area contributed by atoms with Crippen molar-refractivity contribution in [1.29, 1.82) is 0 Å². The van der Waals surface area contributed by atoms with Crippen LogP contribution in [0.2, 0.25) is 0 Å². The number of hydrogen-bond donors (Lipinski definition) is 2. The minimum atomic E-state index is 0.435. The molecule has 2 saturated carbocycles. The fourth-order valence-corrected chi connectivity index (χ4v) is 2.79. The van der Waals surface area contributed by atoms with Crippen molar-refractivity contribution in [3.05, 3.63) is 0 Å². The fourth-order valence-electron chi connectivity index (χ4n) is 2.79. The first-order valence-corrected chi connectivity index (χ1v) is 7.21. The molecule has 0 saturated heterocycles. The Labute approximate surface area is 101 Å². The molecule has 0 spiro atoms. The molecule has 0 radical (unpaired) electrons. The molecule has 0 aromatic rings. The van der Waals surface area contributed by atoms with Crippen molar-refractivity contribution in [3.8, 4) is 0 Å². The third-order valence-electron chi connectivity index (χ3n) is 4.04. The maximum absolute atomic E-state index is 5.77. The summed E-state index contributed by atoms with van der Waals surface area (Å²) in [6.07, 6.45) is 13.7. The molecular formula is C14H30N2. The SMILES string of the molecule is C[C@H](N)C1CCCCC1.NC1CCCCC1. The zero-order chi connectivity index (χ0) is 11.8. The first kappa shape index (κ1) is 14.0. The van der Waals surface area contributed by atoms with Gasteiger partial charge in [0, 0.05) is 12.1 Å². The highest BCUT2D eigenvalue weighted by atomic mass is 14.6. The second-order valence-corrected chi connectivity index (χ2v) is 5.66. The molecule has 96 valence electrons. The van der Waals surface area contributed by atoms with Crippen LogP contribution in [-0.4, -0.2) is 12.1 Å². The van der Waals surface area contributed by atoms with Gasteiger partial charge in [0.05, 0.1) is 0 Å². The van der Waals surface area contributed by atoms with Crippen molar-refractivity contribution in [1.82, 2.24) is 0 Å². The first-order valence-electron chi connectivity index (χ1n) is 7.21. The molecule has 2 rings (SSSR count). The minimum Gasteiger partial charge on any atom is -0.328 e. The van der Waals surface area contributed by atoms with E-state index in [9.17, 15) is 0 Å². The van der Waals surface area contributed by atoms with Crippen LogP contribution in [-0.2, 0) is 0 Å². The van der Waals surface area contributed by atoms with E-state index >= 15 is 0 Å². The Balaban J connectivity index is 0.000000165. The standard InChI is InChI=1S/C8H17N.C6H13N/c1-7(9)8-5-3-2-4-6-8;7-6-4-2-1-3-5-6/h7-8H,2-6,9H2,1H3;6H,1-5,7H2/t7-;/m0./s1. The second-order valence-electron chi connectivity index (χ2n) is 5.66. The third-order valence-corrected chi connectivity index (χ3v) is 4.04. The van der Waals surface area contributed by atoms with Crippen molar-refractivity contribution >= 4 is 0 Å². The molecule has 0 bridgehead atoms. The number of hydrogen-bond acceptors (Lipinski definition) is 2. The molecule has 16 heavy (non-hydrogen) atoms. The predicted octanol–water partition coefficient (Wildman–Crippen LogP) is 3.19. The summed E-state index contributed by atoms with van der Waals surface area (Å²) in [7, 11) is 0. The molecular weight excluding hydrogens is 196 g/mol. The summed E-state index contributed by atoms with van der Waals surface area (Å²) in [4.78, 5) is 0. The van der Waals surface area contributed by atoms with Gasteiger partial charge in [-0.2, -0.15) is 0 Å². The molecule has 2 aliphatic rings. The van der Waals surface area contributed by atoms with Gasteiger partial charge in [0.15, 0.2) is 0 Å². The largest absolute Gasteiger partial charge is 0.328 e. The van der Waals surface area contributed by atoms with Gasteiger partial charge in [-0.1, -0.05) is 38.5 Å². The molecule has 4 N–H and O–H groups in total. The highest BCUT2D eigenvalue weighted by molar-refractivity contribution is 4.72. The zero-order valence-corrected chi connectivity index (χ0v) is 11.0. The van der Waals surface area contributed by atoms with Gasteiger partial charge in [-0.3, -0.25) is 0 Å². The number of nitrogens with two attached hydrogens (primary N) is 2. The lowest BCUT2D eigenvalue weighted by Crippen LogP contribution is -2.27. The molecule has 0 aromatic heterocycles. The Morgan fingerprint density at radius 3 is 1.50 bits per heavy atom. The van der Waals surface area contributed by atoms with Crippen molar-refractivity contribution in [2.45, 2.75) is 83.2 Å². The van der Waals surface area contributed by atoms with Crippen LogP contribution < -0.4 is 11.5 Å². The average Bonchev–Trinajstić information content (AvgIpc) is 2.32. The van der Waals surface area contributed by atoms with E-state index in [2.05, 4.69) is 6.92 Å². The first-order chi connectivity index (χ1) is 7.70. The molecule has 0 unspecified atom stereocenters. The summed E-state index contributed by atoms with van der Waals surface area (Å²) >= 11 is 0. The van der Waals surface area contributed by atoms with E-state index in [1.165, 1.54) is 64.2 Å². The minimum absolute atomic E-state index is 0.435. The van der Waals surface area contributed by atoms with Gasteiger partial charge in [-0.15, -0.1) is 0 Å². The van der Waals surface area contributed by atoms with Crippen molar-refractivity contribution in [3.63, 3.8) is 0 Å². The van der Waals surface area contributed by atoms with E-state index in [1.54, 1.807) is 0 Å². The average molecular weight is 226 g/mol. The summed E-state index contributed by atoms with van der Waals surface area (Å²) in [5.74, 6) is 0.832. The molecule has 0 heterocycles. The Hall–Kier alpha value is -0.0800. The monoisotopic (exact) mass is 226 g/mol. The molecule has 0 aliphatic heterocycles. The predicted molar refractivity (Wildman–Crippen MR) is 71.3 cm³/mol. The Morgan fingerprint density at radius 2 is 1.25 bits per heavy atom. The molecule has 0 aromatic carbocycles. The summed E-state index contributed by atoms with van der Waals surface area (Å²) < 4.78 is 0. The topological polar surface area (TPSA) is 52.0 Å². The summed E-state index contributed by atoms with van der Waals surface area (Å²) in [5, 5.41) is 0. The van der Waals surface area contributed by atoms with Gasteiger partial charge < -0.3 is 11.5 Å². The van der Waals surface area contributed by atoms with E-state index in [1.807, 2.05) is 0 Å². The normalized spacial score (nSPS) is 25.7. The molecule has 2 aliphatic carbocycles. The van der Waals surface area contributed by atoms with E-state index < -0.39 is 0 Å². The van der Waals surface area contributed by atoms with Crippen LogP contribution in [0.4, 0.5) is 0 Å². The van der Waals surface area contributed by atoms with E-state index in [0.717, 1.165) is 5.92 Å². The highest BCUT2D eigenvalue weighted by Crippen LogP contribution is 2.25. The maximum atomic E-state index is 5.77. The van der Waals surface area contributed by atoms with Crippen molar-refractivity contribution in [2.24, 2.45) is 17.4 Å². The van der Waals surface area contributed by atoms with E-state index in [4.69, 9.17) is 11.5 Å². The van der Waals surface area contributed by atoms with Gasteiger partial charge in [-0.25, -0.2) is 0 Å². The van der Waals surface area contributed by atoms with Gasteiger partial charge in [-0.05, 0) is 38.5 Å². The smallest absolute Gasteiger partial charge is 0.00388 e. The molecule has 2 nitrogen and oxygen atoms in total. The Kier molecular flexibility index (Phi) is 7.06. The molecule has 0 amide bonds. The Morgan fingerprint density at radius 1 is 0.812 bits per heavy atom. The summed E-state index contributed by atoms with van der Waals surface area (Å²) in [6, 6.07) is 0.971. The van der Waals surface area contributed by atoms with E-state index in [0.29, 0.717) is 12.1 Å². The molecule has 2 heteroatoms. The van der Waals surface area contributed by atoms with E-state index in [-0.39, 0.29) is 0 Å². The van der Waals surface area contributed by atoms with Gasteiger partial charge in [0.2, 0.25) is 0 Å². The third kappa shape index (κ3) is 5.86. The van der Waals surface area contributed by atoms with Crippen LogP contribution in [0, 0.1) is 5.92 Å². The lowest BCUT2D eigenvalue weighted by Gasteiger charge is -2.24. The van der Waals surface area contributed by atoms with Crippen LogP contribution in [0.3, 0.4) is 0 Å². The van der Waals surface area contributed by atoms with Crippen molar-refractivity contribution < 1.29 is 0 Å². The van der Waals surface area contributed by atoms with Gasteiger partial charge in [0.25, 0.3) is 0 Å². The maximum Gasteiger partial charge on any atom is 0.00388 e.